The Kier molecular flexibility index (Phi) is 7.71. The highest BCUT2D eigenvalue weighted by atomic mass is 35.5. The zero-order valence-corrected chi connectivity index (χ0v) is 11.5. The third kappa shape index (κ3) is 4.43. The minimum Gasteiger partial charge on any atom is -0.314 e. The summed E-state index contributed by atoms with van der Waals surface area (Å²) in [5.74, 6) is -0.144. The lowest BCUT2D eigenvalue weighted by molar-refractivity contribution is 0.185. The van der Waals surface area contributed by atoms with Gasteiger partial charge >= 0.3 is 0 Å². The summed E-state index contributed by atoms with van der Waals surface area (Å²) >= 11 is 0. The van der Waals surface area contributed by atoms with Crippen molar-refractivity contribution in [2.45, 2.75) is 13.0 Å². The molecule has 17 heavy (non-hydrogen) atoms. The van der Waals surface area contributed by atoms with Crippen LogP contribution in [0.15, 0.2) is 24.3 Å². The van der Waals surface area contributed by atoms with Crippen LogP contribution in [-0.4, -0.2) is 31.1 Å². The zero-order chi connectivity index (χ0) is 10.7. The maximum absolute atomic E-state index is 13.1. The quantitative estimate of drug-likeness (QED) is 0.896. The lowest BCUT2D eigenvalue weighted by Crippen LogP contribution is -2.44. The Morgan fingerprint density at radius 2 is 1.88 bits per heavy atom. The molecule has 0 bridgehead atoms. The highest BCUT2D eigenvalue weighted by Gasteiger charge is 2.17. The maximum Gasteiger partial charge on any atom is 0.123 e. The molecule has 1 aliphatic heterocycles. The van der Waals surface area contributed by atoms with Gasteiger partial charge in [-0.25, -0.2) is 4.39 Å². The van der Waals surface area contributed by atoms with Crippen molar-refractivity contribution in [3.8, 4) is 0 Å². The van der Waals surface area contributed by atoms with Gasteiger partial charge in [-0.15, -0.1) is 24.8 Å². The van der Waals surface area contributed by atoms with Gasteiger partial charge in [0.2, 0.25) is 0 Å². The average Bonchev–Trinajstić information content (AvgIpc) is 2.29. The van der Waals surface area contributed by atoms with E-state index in [0.29, 0.717) is 6.04 Å². The molecule has 2 rings (SSSR count). The van der Waals surface area contributed by atoms with Crippen LogP contribution in [0.2, 0.25) is 0 Å². The van der Waals surface area contributed by atoms with E-state index in [0.717, 1.165) is 31.7 Å². The number of benzene rings is 1. The number of hydrogen-bond donors (Lipinski definition) is 1. The highest BCUT2D eigenvalue weighted by molar-refractivity contribution is 5.85. The van der Waals surface area contributed by atoms with E-state index in [1.54, 1.807) is 12.1 Å². The second-order valence-electron chi connectivity index (χ2n) is 4.02. The molecule has 0 spiro atoms. The second kappa shape index (κ2) is 7.88. The lowest BCUT2D eigenvalue weighted by atomic mass is 10.1. The Labute approximate surface area is 114 Å². The van der Waals surface area contributed by atoms with Crippen LogP contribution in [0.5, 0.6) is 0 Å². The van der Waals surface area contributed by atoms with Crippen molar-refractivity contribution in [1.29, 1.82) is 0 Å². The van der Waals surface area contributed by atoms with Crippen molar-refractivity contribution in [2.75, 3.05) is 26.2 Å². The Balaban J connectivity index is 0.00000128. The smallest absolute Gasteiger partial charge is 0.123 e. The van der Waals surface area contributed by atoms with Crippen molar-refractivity contribution < 1.29 is 4.39 Å². The van der Waals surface area contributed by atoms with Gasteiger partial charge in [0.15, 0.2) is 0 Å². The van der Waals surface area contributed by atoms with Crippen molar-refractivity contribution in [2.24, 2.45) is 0 Å². The molecular weight excluding hydrogens is 262 g/mol. The van der Waals surface area contributed by atoms with Crippen LogP contribution in [0.4, 0.5) is 4.39 Å². The SMILES string of the molecule is CC(c1cccc(F)c1)N1CCNCC1.Cl.Cl. The summed E-state index contributed by atoms with van der Waals surface area (Å²) in [5, 5.41) is 3.32. The van der Waals surface area contributed by atoms with Crippen molar-refractivity contribution >= 4 is 24.8 Å². The molecule has 0 radical (unpaired) electrons. The summed E-state index contributed by atoms with van der Waals surface area (Å²) in [5.41, 5.74) is 1.07. The van der Waals surface area contributed by atoms with E-state index in [4.69, 9.17) is 0 Å². The van der Waals surface area contributed by atoms with E-state index < -0.39 is 0 Å². The molecule has 1 unspecified atom stereocenters. The molecule has 1 saturated heterocycles. The first-order valence-corrected chi connectivity index (χ1v) is 5.47. The number of nitrogens with zero attached hydrogens (tertiary/aromatic N) is 1. The van der Waals surface area contributed by atoms with Gasteiger partial charge in [0.05, 0.1) is 0 Å². The normalized spacial score (nSPS) is 17.8. The van der Waals surface area contributed by atoms with Crippen LogP contribution in [0.3, 0.4) is 0 Å². The molecule has 2 nitrogen and oxygen atoms in total. The van der Waals surface area contributed by atoms with E-state index in [1.165, 1.54) is 6.07 Å². The van der Waals surface area contributed by atoms with Gasteiger partial charge in [-0.3, -0.25) is 4.90 Å². The third-order valence-electron chi connectivity index (χ3n) is 3.03. The summed E-state index contributed by atoms with van der Waals surface area (Å²) in [6.07, 6.45) is 0. The summed E-state index contributed by atoms with van der Waals surface area (Å²) in [4.78, 5) is 2.38. The van der Waals surface area contributed by atoms with Crippen LogP contribution in [-0.2, 0) is 0 Å². The molecule has 1 aliphatic rings. The van der Waals surface area contributed by atoms with E-state index >= 15 is 0 Å². The van der Waals surface area contributed by atoms with Gasteiger partial charge < -0.3 is 5.32 Å². The van der Waals surface area contributed by atoms with Crippen molar-refractivity contribution in [3.05, 3.63) is 35.6 Å². The zero-order valence-electron chi connectivity index (χ0n) is 9.86. The van der Waals surface area contributed by atoms with E-state index in [-0.39, 0.29) is 30.6 Å². The molecule has 5 heteroatoms. The predicted molar refractivity (Wildman–Crippen MR) is 73.8 cm³/mol. The topological polar surface area (TPSA) is 15.3 Å². The summed E-state index contributed by atoms with van der Waals surface area (Å²) in [7, 11) is 0. The summed E-state index contributed by atoms with van der Waals surface area (Å²) in [6.45, 7) is 6.27. The van der Waals surface area contributed by atoms with E-state index in [9.17, 15) is 4.39 Å². The molecule has 1 heterocycles. The summed E-state index contributed by atoms with van der Waals surface area (Å²) in [6, 6.07) is 7.21. The molecule has 1 N–H and O–H groups in total. The molecule has 1 aromatic rings. The number of piperazine rings is 1. The van der Waals surface area contributed by atoms with Crippen LogP contribution in [0.25, 0.3) is 0 Å². The fraction of sp³-hybridized carbons (Fsp3) is 0.500. The summed E-state index contributed by atoms with van der Waals surface area (Å²) < 4.78 is 13.1. The monoisotopic (exact) mass is 280 g/mol. The molecule has 1 fully saturated rings. The fourth-order valence-corrected chi connectivity index (χ4v) is 2.05. The van der Waals surface area contributed by atoms with Gasteiger partial charge in [-0.1, -0.05) is 12.1 Å². The third-order valence-corrected chi connectivity index (χ3v) is 3.03. The van der Waals surface area contributed by atoms with Gasteiger partial charge in [-0.05, 0) is 24.6 Å². The Hall–Kier alpha value is -0.350. The van der Waals surface area contributed by atoms with Gasteiger partial charge in [0.25, 0.3) is 0 Å². The van der Waals surface area contributed by atoms with E-state index in [1.807, 2.05) is 6.07 Å². The first-order chi connectivity index (χ1) is 7.27. The van der Waals surface area contributed by atoms with Crippen molar-refractivity contribution in [1.82, 2.24) is 10.2 Å². The first-order valence-electron chi connectivity index (χ1n) is 5.47. The highest BCUT2D eigenvalue weighted by Crippen LogP contribution is 2.20. The standard InChI is InChI=1S/C12H17FN2.2ClH/c1-10(15-7-5-14-6-8-15)11-3-2-4-12(13)9-11;;/h2-4,9-10,14H,5-8H2,1H3;2*1H. The lowest BCUT2D eigenvalue weighted by Gasteiger charge is -2.33. The van der Waals surface area contributed by atoms with Crippen molar-refractivity contribution in [3.63, 3.8) is 0 Å². The van der Waals surface area contributed by atoms with Gasteiger partial charge in [0.1, 0.15) is 5.82 Å². The van der Waals surface area contributed by atoms with Crippen LogP contribution in [0.1, 0.15) is 18.5 Å². The maximum atomic E-state index is 13.1. The molecule has 98 valence electrons. The Morgan fingerprint density at radius 3 is 2.47 bits per heavy atom. The Bertz CT molecular complexity index is 330. The molecule has 0 aromatic heterocycles. The fourth-order valence-electron chi connectivity index (χ4n) is 2.05. The number of hydrogen-bond acceptors (Lipinski definition) is 2. The second-order valence-corrected chi connectivity index (χ2v) is 4.02. The first kappa shape index (κ1) is 16.6. The van der Waals surface area contributed by atoms with Crippen LogP contribution < -0.4 is 5.32 Å². The molecular formula is C12H19Cl2FN2. The molecule has 0 amide bonds. The average molecular weight is 281 g/mol. The number of rotatable bonds is 2. The van der Waals surface area contributed by atoms with Gasteiger partial charge in [-0.2, -0.15) is 0 Å². The van der Waals surface area contributed by atoms with Crippen LogP contribution >= 0.6 is 24.8 Å². The molecule has 0 saturated carbocycles. The molecule has 1 atom stereocenters. The van der Waals surface area contributed by atoms with Crippen LogP contribution in [0, 0.1) is 5.82 Å². The molecule has 0 aliphatic carbocycles. The number of nitrogens with one attached hydrogen (secondary N) is 1. The van der Waals surface area contributed by atoms with Gasteiger partial charge in [0, 0.05) is 32.2 Å². The molecule has 1 aromatic carbocycles. The minimum absolute atomic E-state index is 0. The predicted octanol–water partition coefficient (Wildman–Crippen LogP) is 2.64. The largest absolute Gasteiger partial charge is 0.314 e. The van der Waals surface area contributed by atoms with E-state index in [2.05, 4.69) is 17.1 Å². The Morgan fingerprint density at radius 1 is 1.24 bits per heavy atom. The number of halogens is 3. The minimum atomic E-state index is -0.144.